The minimum absolute atomic E-state index is 1.01. The van der Waals surface area contributed by atoms with Crippen LogP contribution < -0.4 is 5.48 Å². The van der Waals surface area contributed by atoms with Crippen molar-refractivity contribution in [3.8, 4) is 0 Å². The van der Waals surface area contributed by atoms with Crippen LogP contribution in [0, 0.1) is 0 Å². The van der Waals surface area contributed by atoms with E-state index in [1.165, 1.54) is 0 Å². The highest BCUT2D eigenvalue weighted by Gasteiger charge is 2.11. The van der Waals surface area contributed by atoms with Crippen LogP contribution in [0.3, 0.4) is 0 Å². The van der Waals surface area contributed by atoms with E-state index in [1.807, 2.05) is 0 Å². The SMILES string of the molecule is C=CNOP(=O)(O)O. The Morgan fingerprint density at radius 3 is 2.38 bits per heavy atom. The molecule has 0 amide bonds. The maximum atomic E-state index is 9.75. The molecular weight excluding hydrogens is 133 g/mol. The predicted molar refractivity (Wildman–Crippen MR) is 26.5 cm³/mol. The molecule has 0 rings (SSSR count). The Morgan fingerprint density at radius 2 is 2.25 bits per heavy atom. The van der Waals surface area contributed by atoms with Crippen molar-refractivity contribution in [2.24, 2.45) is 0 Å². The fourth-order valence-electron chi connectivity index (χ4n) is 0.106. The predicted octanol–water partition coefficient (Wildman–Crippen LogP) is -0.256. The maximum absolute atomic E-state index is 9.75. The van der Waals surface area contributed by atoms with Gasteiger partial charge in [0, 0.05) is 6.20 Å². The molecule has 0 aromatic carbocycles. The normalized spacial score (nSPS) is 10.8. The van der Waals surface area contributed by atoms with E-state index in [9.17, 15) is 4.57 Å². The van der Waals surface area contributed by atoms with Gasteiger partial charge in [-0.1, -0.05) is 6.58 Å². The molecule has 3 N–H and O–H groups in total. The van der Waals surface area contributed by atoms with Gasteiger partial charge in [-0.15, -0.1) is 0 Å². The highest BCUT2D eigenvalue weighted by Crippen LogP contribution is 2.33. The molecule has 0 aliphatic rings. The van der Waals surface area contributed by atoms with Gasteiger partial charge in [0.2, 0.25) is 0 Å². The summed E-state index contributed by atoms with van der Waals surface area (Å²) in [6.45, 7) is 3.08. The summed E-state index contributed by atoms with van der Waals surface area (Å²) in [4.78, 5) is 15.9. The monoisotopic (exact) mass is 139 g/mol. The Balaban J connectivity index is 3.40. The van der Waals surface area contributed by atoms with Gasteiger partial charge in [0.15, 0.2) is 0 Å². The van der Waals surface area contributed by atoms with Crippen LogP contribution in [-0.2, 0) is 9.19 Å². The summed E-state index contributed by atoms with van der Waals surface area (Å²) < 4.78 is 13.4. The van der Waals surface area contributed by atoms with Gasteiger partial charge in [0.1, 0.15) is 0 Å². The highest BCUT2D eigenvalue weighted by atomic mass is 31.2. The molecule has 0 atom stereocenters. The lowest BCUT2D eigenvalue weighted by Crippen LogP contribution is -2.02. The third-order valence-corrected chi connectivity index (χ3v) is 0.598. The van der Waals surface area contributed by atoms with Crippen LogP contribution in [0.15, 0.2) is 12.8 Å². The molecule has 0 aliphatic heterocycles. The Morgan fingerprint density at radius 1 is 1.75 bits per heavy atom. The van der Waals surface area contributed by atoms with Crippen molar-refractivity contribution in [1.82, 2.24) is 5.48 Å². The largest absolute Gasteiger partial charge is 0.491 e. The van der Waals surface area contributed by atoms with E-state index in [0.717, 1.165) is 6.20 Å². The molecule has 0 saturated carbocycles. The van der Waals surface area contributed by atoms with Crippen molar-refractivity contribution >= 4 is 7.82 Å². The Hall–Kier alpha value is -0.350. The zero-order valence-corrected chi connectivity index (χ0v) is 4.84. The van der Waals surface area contributed by atoms with Crippen LogP contribution in [-0.4, -0.2) is 9.79 Å². The molecule has 0 saturated heterocycles. The Labute approximate surface area is 46.2 Å². The topological polar surface area (TPSA) is 78.8 Å². The van der Waals surface area contributed by atoms with Crippen molar-refractivity contribution in [2.45, 2.75) is 0 Å². The summed E-state index contributed by atoms with van der Waals surface area (Å²) in [5.74, 6) is 0. The van der Waals surface area contributed by atoms with Crippen LogP contribution in [0.1, 0.15) is 0 Å². The lowest BCUT2D eigenvalue weighted by Gasteiger charge is -2.00. The van der Waals surface area contributed by atoms with Gasteiger partial charge in [-0.25, -0.2) is 4.57 Å². The Kier molecular flexibility index (Phi) is 2.71. The third kappa shape index (κ3) is 5.65. The lowest BCUT2D eigenvalue weighted by atomic mass is 11.1. The number of phosphoric acid groups is 1. The van der Waals surface area contributed by atoms with Crippen molar-refractivity contribution in [2.75, 3.05) is 0 Å². The molecular formula is C2H6NO4P. The van der Waals surface area contributed by atoms with Crippen LogP contribution in [0.4, 0.5) is 0 Å². The third-order valence-electron chi connectivity index (χ3n) is 0.255. The molecule has 8 heavy (non-hydrogen) atoms. The smallest absolute Gasteiger partial charge is 0.301 e. The molecule has 0 heterocycles. The number of hydrogen-bond acceptors (Lipinski definition) is 3. The minimum Gasteiger partial charge on any atom is -0.301 e. The van der Waals surface area contributed by atoms with Crippen molar-refractivity contribution in [3.63, 3.8) is 0 Å². The van der Waals surface area contributed by atoms with Gasteiger partial charge in [0.05, 0.1) is 0 Å². The first-order valence-electron chi connectivity index (χ1n) is 1.67. The standard InChI is InChI=1S/C2H6NO4P/c1-2-3-7-8(4,5)6/h2-3H,1H2,(H2,4,5,6). The van der Waals surface area contributed by atoms with Crippen molar-refractivity contribution < 1.29 is 19.0 Å². The fraction of sp³-hybridized carbons (Fsp3) is 0. The molecule has 6 heteroatoms. The average Bonchev–Trinajstić information content (AvgIpc) is 1.59. The molecule has 0 aromatic rings. The summed E-state index contributed by atoms with van der Waals surface area (Å²) in [5.41, 5.74) is 1.79. The number of rotatable bonds is 3. The lowest BCUT2D eigenvalue weighted by molar-refractivity contribution is 0.153. The quantitative estimate of drug-likeness (QED) is 0.371. The molecule has 0 aliphatic carbocycles. The molecule has 0 unspecified atom stereocenters. The molecule has 0 bridgehead atoms. The summed E-state index contributed by atoms with van der Waals surface area (Å²) in [7, 11) is -4.36. The van der Waals surface area contributed by atoms with E-state index < -0.39 is 7.82 Å². The van der Waals surface area contributed by atoms with Gasteiger partial charge in [0.25, 0.3) is 0 Å². The molecule has 5 nitrogen and oxygen atoms in total. The van der Waals surface area contributed by atoms with Crippen molar-refractivity contribution in [3.05, 3.63) is 12.8 Å². The zero-order valence-electron chi connectivity index (χ0n) is 3.94. The van der Waals surface area contributed by atoms with E-state index >= 15 is 0 Å². The molecule has 0 aromatic heterocycles. The first kappa shape index (κ1) is 7.65. The molecule has 48 valence electrons. The fourth-order valence-corrected chi connectivity index (χ4v) is 0.318. The van der Waals surface area contributed by atoms with Gasteiger partial charge in [-0.3, -0.25) is 5.48 Å². The molecule has 0 radical (unpaired) electrons. The first-order chi connectivity index (χ1) is 3.56. The summed E-state index contributed by atoms with van der Waals surface area (Å²) in [6.07, 6.45) is 1.01. The number of hydroxylamine groups is 1. The highest BCUT2D eigenvalue weighted by molar-refractivity contribution is 7.46. The van der Waals surface area contributed by atoms with Gasteiger partial charge in [-0.2, -0.15) is 4.62 Å². The van der Waals surface area contributed by atoms with E-state index in [0.29, 0.717) is 0 Å². The average molecular weight is 139 g/mol. The summed E-state index contributed by atoms with van der Waals surface area (Å²) in [6, 6.07) is 0. The van der Waals surface area contributed by atoms with E-state index in [2.05, 4.69) is 11.2 Å². The molecule has 0 spiro atoms. The molecule has 0 fully saturated rings. The van der Waals surface area contributed by atoms with Crippen LogP contribution >= 0.6 is 7.82 Å². The summed E-state index contributed by atoms with van der Waals surface area (Å²) in [5, 5.41) is 0. The number of hydrogen-bond donors (Lipinski definition) is 3. The zero-order chi connectivity index (χ0) is 6.62. The van der Waals surface area contributed by atoms with Crippen molar-refractivity contribution in [1.29, 1.82) is 0 Å². The van der Waals surface area contributed by atoms with Gasteiger partial charge < -0.3 is 9.79 Å². The van der Waals surface area contributed by atoms with Gasteiger partial charge >= 0.3 is 7.82 Å². The van der Waals surface area contributed by atoms with Crippen LogP contribution in [0.25, 0.3) is 0 Å². The second-order valence-corrected chi connectivity index (χ2v) is 2.07. The van der Waals surface area contributed by atoms with E-state index in [-0.39, 0.29) is 0 Å². The van der Waals surface area contributed by atoms with Gasteiger partial charge in [-0.05, 0) is 0 Å². The van der Waals surface area contributed by atoms with Crippen LogP contribution in [0.2, 0.25) is 0 Å². The first-order valence-corrected chi connectivity index (χ1v) is 3.20. The summed E-state index contributed by atoms with van der Waals surface area (Å²) >= 11 is 0. The minimum atomic E-state index is -4.36. The second-order valence-electron chi connectivity index (χ2n) is 0.904. The van der Waals surface area contributed by atoms with E-state index in [1.54, 1.807) is 5.48 Å². The Bertz CT molecular complexity index is 117. The second kappa shape index (κ2) is 2.84. The van der Waals surface area contributed by atoms with E-state index in [4.69, 9.17) is 9.79 Å². The maximum Gasteiger partial charge on any atom is 0.491 e. The van der Waals surface area contributed by atoms with Crippen LogP contribution in [0.5, 0.6) is 0 Å². The number of nitrogens with one attached hydrogen (secondary N) is 1.